The third kappa shape index (κ3) is 4.31. The van der Waals surface area contributed by atoms with Crippen molar-refractivity contribution >= 4 is 0 Å². The first kappa shape index (κ1) is 12.5. The molecule has 0 aliphatic heterocycles. The van der Waals surface area contributed by atoms with Gasteiger partial charge in [0.2, 0.25) is 0 Å². The van der Waals surface area contributed by atoms with E-state index in [0.717, 1.165) is 6.42 Å². The monoisotopic (exact) mass is 181 g/mol. The fraction of sp³-hybridized carbons (Fsp3) is 0.917. The van der Waals surface area contributed by atoms with Gasteiger partial charge in [0.1, 0.15) is 0 Å². The Balaban J connectivity index is 4.29. The van der Waals surface area contributed by atoms with Crippen LogP contribution in [-0.4, -0.2) is 0 Å². The van der Waals surface area contributed by atoms with Crippen LogP contribution >= 0.6 is 0 Å². The third-order valence-corrected chi connectivity index (χ3v) is 2.80. The second-order valence-corrected chi connectivity index (χ2v) is 4.08. The number of hydrogen-bond donors (Lipinski definition) is 0. The molecule has 13 heavy (non-hydrogen) atoms. The summed E-state index contributed by atoms with van der Waals surface area (Å²) in [6.45, 7) is 6.66. The van der Waals surface area contributed by atoms with E-state index in [0.29, 0.717) is 5.41 Å². The second-order valence-electron chi connectivity index (χ2n) is 4.08. The van der Waals surface area contributed by atoms with Crippen LogP contribution in [0.25, 0.3) is 0 Å². The molecule has 76 valence electrons. The van der Waals surface area contributed by atoms with E-state index in [9.17, 15) is 0 Å². The number of nitrogens with zero attached hydrogens (tertiary/aromatic N) is 1. The molecule has 0 aromatic carbocycles. The molecular weight excluding hydrogens is 158 g/mol. The molecule has 0 rings (SSSR count). The summed E-state index contributed by atoms with van der Waals surface area (Å²) < 4.78 is 0. The molecule has 1 nitrogen and oxygen atoms in total. The minimum absolute atomic E-state index is 0.340. The van der Waals surface area contributed by atoms with Crippen LogP contribution < -0.4 is 0 Å². The van der Waals surface area contributed by atoms with Crippen LogP contribution in [0.5, 0.6) is 0 Å². The maximum absolute atomic E-state index is 8.83. The molecule has 0 saturated heterocycles. The fourth-order valence-electron chi connectivity index (χ4n) is 2.40. The van der Waals surface area contributed by atoms with Crippen molar-refractivity contribution < 1.29 is 0 Å². The molecular formula is C12H23N. The van der Waals surface area contributed by atoms with E-state index in [2.05, 4.69) is 26.8 Å². The molecule has 1 heteroatoms. The van der Waals surface area contributed by atoms with Gasteiger partial charge in [-0.1, -0.05) is 40.0 Å². The Morgan fingerprint density at radius 1 is 0.923 bits per heavy atom. The van der Waals surface area contributed by atoms with Gasteiger partial charge in [0.15, 0.2) is 0 Å². The Morgan fingerprint density at radius 3 is 1.54 bits per heavy atom. The lowest BCUT2D eigenvalue weighted by molar-refractivity contribution is 0.217. The molecule has 0 aromatic rings. The summed E-state index contributed by atoms with van der Waals surface area (Å²) in [5.74, 6) is 0. The predicted octanol–water partition coefficient (Wildman–Crippen LogP) is 4.29. The summed E-state index contributed by atoms with van der Waals surface area (Å²) in [5, 5.41) is 8.83. The van der Waals surface area contributed by atoms with E-state index in [1.165, 1.54) is 38.5 Å². The Morgan fingerprint density at radius 2 is 1.31 bits per heavy atom. The van der Waals surface area contributed by atoms with Crippen LogP contribution in [0.3, 0.4) is 0 Å². The predicted molar refractivity (Wildman–Crippen MR) is 57.4 cm³/mol. The minimum atomic E-state index is 0.340. The normalized spacial score (nSPS) is 11.2. The first-order chi connectivity index (χ1) is 6.24. The van der Waals surface area contributed by atoms with Crippen LogP contribution in [0.4, 0.5) is 0 Å². The molecule has 0 aliphatic carbocycles. The average molecular weight is 181 g/mol. The van der Waals surface area contributed by atoms with Crippen LogP contribution in [0.1, 0.15) is 65.7 Å². The minimum Gasteiger partial charge on any atom is -0.198 e. The SMILES string of the molecule is CCCC(CC#N)(CCC)CCC. The van der Waals surface area contributed by atoms with Gasteiger partial charge in [0, 0.05) is 6.42 Å². The van der Waals surface area contributed by atoms with Gasteiger partial charge in [-0.15, -0.1) is 0 Å². The van der Waals surface area contributed by atoms with E-state index in [-0.39, 0.29) is 0 Å². The Kier molecular flexibility index (Phi) is 6.68. The van der Waals surface area contributed by atoms with Crippen molar-refractivity contribution in [2.24, 2.45) is 5.41 Å². The molecule has 0 heterocycles. The lowest BCUT2D eigenvalue weighted by Gasteiger charge is -2.30. The summed E-state index contributed by atoms with van der Waals surface area (Å²) >= 11 is 0. The van der Waals surface area contributed by atoms with E-state index >= 15 is 0 Å². The van der Waals surface area contributed by atoms with Crippen LogP contribution in [0, 0.1) is 16.7 Å². The number of rotatable bonds is 7. The van der Waals surface area contributed by atoms with Gasteiger partial charge >= 0.3 is 0 Å². The maximum Gasteiger partial charge on any atom is 0.0627 e. The standard InChI is InChI=1S/C12H23N/c1-4-7-12(8-5-2,9-6-3)10-11-13/h4-10H2,1-3H3. The molecule has 0 aliphatic rings. The summed E-state index contributed by atoms with van der Waals surface area (Å²) in [6.07, 6.45) is 8.06. The highest BCUT2D eigenvalue weighted by Gasteiger charge is 2.26. The van der Waals surface area contributed by atoms with Crippen molar-refractivity contribution in [2.75, 3.05) is 0 Å². The Bertz CT molecular complexity index is 138. The van der Waals surface area contributed by atoms with Crippen molar-refractivity contribution in [3.8, 4) is 6.07 Å². The van der Waals surface area contributed by atoms with Crippen molar-refractivity contribution in [1.82, 2.24) is 0 Å². The first-order valence-electron chi connectivity index (χ1n) is 5.61. The molecule has 0 spiro atoms. The van der Waals surface area contributed by atoms with Crippen molar-refractivity contribution in [1.29, 1.82) is 5.26 Å². The van der Waals surface area contributed by atoms with E-state index in [1.54, 1.807) is 0 Å². The van der Waals surface area contributed by atoms with Crippen molar-refractivity contribution in [2.45, 2.75) is 65.7 Å². The molecule has 0 aromatic heterocycles. The van der Waals surface area contributed by atoms with Crippen molar-refractivity contribution in [3.05, 3.63) is 0 Å². The molecule has 0 bridgehead atoms. The van der Waals surface area contributed by atoms with E-state index < -0.39 is 0 Å². The maximum atomic E-state index is 8.83. The largest absolute Gasteiger partial charge is 0.198 e. The van der Waals surface area contributed by atoms with Crippen LogP contribution in [0.2, 0.25) is 0 Å². The zero-order valence-corrected chi connectivity index (χ0v) is 9.40. The van der Waals surface area contributed by atoms with Gasteiger partial charge in [0.05, 0.1) is 6.07 Å². The van der Waals surface area contributed by atoms with Gasteiger partial charge < -0.3 is 0 Å². The van der Waals surface area contributed by atoms with Crippen LogP contribution in [0.15, 0.2) is 0 Å². The number of nitriles is 1. The molecule has 0 atom stereocenters. The quantitative estimate of drug-likeness (QED) is 0.575. The van der Waals surface area contributed by atoms with Gasteiger partial charge in [-0.2, -0.15) is 5.26 Å². The summed E-state index contributed by atoms with van der Waals surface area (Å²) in [6, 6.07) is 2.36. The molecule has 0 unspecified atom stereocenters. The summed E-state index contributed by atoms with van der Waals surface area (Å²) in [4.78, 5) is 0. The lowest BCUT2D eigenvalue weighted by atomic mass is 9.73. The molecule has 0 N–H and O–H groups in total. The van der Waals surface area contributed by atoms with Gasteiger partial charge in [-0.3, -0.25) is 0 Å². The first-order valence-corrected chi connectivity index (χ1v) is 5.61. The summed E-state index contributed by atoms with van der Waals surface area (Å²) in [5.41, 5.74) is 0.340. The molecule has 0 fully saturated rings. The topological polar surface area (TPSA) is 23.8 Å². The van der Waals surface area contributed by atoms with Gasteiger partial charge in [-0.05, 0) is 24.7 Å². The highest BCUT2D eigenvalue weighted by atomic mass is 14.3. The Hall–Kier alpha value is -0.510. The van der Waals surface area contributed by atoms with Crippen LogP contribution in [-0.2, 0) is 0 Å². The second kappa shape index (κ2) is 6.95. The zero-order valence-electron chi connectivity index (χ0n) is 9.40. The van der Waals surface area contributed by atoms with E-state index in [1.807, 2.05) is 0 Å². The van der Waals surface area contributed by atoms with Gasteiger partial charge in [-0.25, -0.2) is 0 Å². The Labute approximate surface area is 83.1 Å². The van der Waals surface area contributed by atoms with E-state index in [4.69, 9.17) is 5.26 Å². The summed E-state index contributed by atoms with van der Waals surface area (Å²) in [7, 11) is 0. The van der Waals surface area contributed by atoms with Crippen molar-refractivity contribution in [3.63, 3.8) is 0 Å². The number of hydrogen-bond acceptors (Lipinski definition) is 1. The smallest absolute Gasteiger partial charge is 0.0627 e. The lowest BCUT2D eigenvalue weighted by Crippen LogP contribution is -2.19. The molecule has 0 saturated carbocycles. The molecule has 0 radical (unpaired) electrons. The fourth-order valence-corrected chi connectivity index (χ4v) is 2.40. The zero-order chi connectivity index (χ0) is 10.2. The highest BCUT2D eigenvalue weighted by molar-refractivity contribution is 4.88. The average Bonchev–Trinajstić information content (AvgIpc) is 2.06. The van der Waals surface area contributed by atoms with Gasteiger partial charge in [0.25, 0.3) is 0 Å². The molecule has 0 amide bonds. The third-order valence-electron chi connectivity index (χ3n) is 2.80. The highest BCUT2D eigenvalue weighted by Crippen LogP contribution is 2.37.